The minimum atomic E-state index is -3.77. The van der Waals surface area contributed by atoms with Crippen molar-refractivity contribution in [1.82, 2.24) is 8.87 Å². The van der Waals surface area contributed by atoms with Crippen LogP contribution in [0.2, 0.25) is 0 Å². The van der Waals surface area contributed by atoms with Crippen LogP contribution in [0.25, 0.3) is 0 Å². The molecule has 2 heterocycles. The molecule has 1 aromatic heterocycles. The average molecular weight is 426 g/mol. The largest absolute Gasteiger partial charge is 0.342 e. The van der Waals surface area contributed by atoms with Crippen molar-refractivity contribution in [2.24, 2.45) is 13.0 Å². The number of rotatable bonds is 4. The number of amides is 1. The van der Waals surface area contributed by atoms with Gasteiger partial charge in [0.25, 0.3) is 5.91 Å². The molecule has 1 aliphatic heterocycles. The van der Waals surface area contributed by atoms with Crippen molar-refractivity contribution in [3.05, 3.63) is 46.8 Å². The van der Waals surface area contributed by atoms with Gasteiger partial charge < -0.3 is 9.88 Å². The number of benzene rings is 1. The van der Waals surface area contributed by atoms with E-state index in [0.29, 0.717) is 30.4 Å². The van der Waals surface area contributed by atoms with E-state index in [0.717, 1.165) is 25.0 Å². The van der Waals surface area contributed by atoms with E-state index in [1.54, 1.807) is 20.9 Å². The number of sulfonamides is 1. The fraction of sp³-hybridized carbons (Fsp3) is 0.450. The molecule has 29 heavy (non-hydrogen) atoms. The first kappa shape index (κ1) is 21.4. The number of carbonyl (C=O) groups is 1. The quantitative estimate of drug-likeness (QED) is 0.814. The van der Waals surface area contributed by atoms with Crippen LogP contribution in [0.1, 0.15) is 41.5 Å². The second-order valence-electron chi connectivity index (χ2n) is 7.64. The number of hydrogen-bond acceptors (Lipinski definition) is 3. The van der Waals surface area contributed by atoms with E-state index < -0.39 is 27.6 Å². The Bertz CT molecular complexity index is 1060. The number of halogens is 2. The predicted molar refractivity (Wildman–Crippen MR) is 106 cm³/mol. The van der Waals surface area contributed by atoms with E-state index in [-0.39, 0.29) is 22.2 Å². The average Bonchev–Trinajstić information content (AvgIpc) is 2.86. The number of carbonyl (C=O) groups excluding carboxylic acids is 1. The highest BCUT2D eigenvalue weighted by molar-refractivity contribution is 7.89. The lowest BCUT2D eigenvalue weighted by atomic mass is 10.0. The highest BCUT2D eigenvalue weighted by Crippen LogP contribution is 2.31. The third-order valence-electron chi connectivity index (χ3n) is 5.47. The lowest BCUT2D eigenvalue weighted by Crippen LogP contribution is -2.39. The SMILES string of the molecule is Cc1c(S(=O)(=O)N2CCCC(C)C2)c(C)n(C)c1C(=O)Nc1ccc(F)cc1F. The first-order valence-electron chi connectivity index (χ1n) is 9.46. The third-order valence-corrected chi connectivity index (χ3v) is 7.60. The zero-order valence-electron chi connectivity index (χ0n) is 16.9. The Morgan fingerprint density at radius 1 is 1.24 bits per heavy atom. The van der Waals surface area contributed by atoms with Gasteiger partial charge in [-0.3, -0.25) is 4.79 Å². The predicted octanol–water partition coefficient (Wildman–Crippen LogP) is 3.59. The van der Waals surface area contributed by atoms with Crippen molar-refractivity contribution < 1.29 is 22.0 Å². The summed E-state index contributed by atoms with van der Waals surface area (Å²) in [7, 11) is -2.18. The number of piperidine rings is 1. The Labute approximate surface area is 169 Å². The Balaban J connectivity index is 1.99. The summed E-state index contributed by atoms with van der Waals surface area (Å²) in [5.41, 5.74) is 0.687. The van der Waals surface area contributed by atoms with Gasteiger partial charge in [-0.25, -0.2) is 17.2 Å². The lowest BCUT2D eigenvalue weighted by molar-refractivity contribution is 0.101. The van der Waals surface area contributed by atoms with E-state index in [4.69, 9.17) is 0 Å². The Morgan fingerprint density at radius 2 is 1.93 bits per heavy atom. The van der Waals surface area contributed by atoms with Crippen LogP contribution >= 0.6 is 0 Å². The summed E-state index contributed by atoms with van der Waals surface area (Å²) in [5.74, 6) is -2.05. The molecule has 0 bridgehead atoms. The fourth-order valence-electron chi connectivity index (χ4n) is 3.92. The molecular formula is C20H25F2N3O3S. The summed E-state index contributed by atoms with van der Waals surface area (Å²) < 4.78 is 56.6. The first-order valence-corrected chi connectivity index (χ1v) is 10.9. The maximum atomic E-state index is 13.9. The highest BCUT2D eigenvalue weighted by Gasteiger charge is 2.35. The summed E-state index contributed by atoms with van der Waals surface area (Å²) in [5, 5.41) is 2.40. The molecule has 1 fully saturated rings. The summed E-state index contributed by atoms with van der Waals surface area (Å²) in [6.07, 6.45) is 1.78. The number of anilines is 1. The minimum absolute atomic E-state index is 0.110. The molecule has 1 N–H and O–H groups in total. The number of nitrogens with zero attached hydrogens (tertiary/aromatic N) is 2. The molecule has 1 aliphatic rings. The third kappa shape index (κ3) is 3.93. The second-order valence-corrected chi connectivity index (χ2v) is 9.51. The topological polar surface area (TPSA) is 71.4 Å². The molecule has 0 spiro atoms. The Kier molecular flexibility index (Phi) is 5.82. The van der Waals surface area contributed by atoms with E-state index in [1.165, 1.54) is 8.87 Å². The van der Waals surface area contributed by atoms with Crippen molar-refractivity contribution in [3.8, 4) is 0 Å². The van der Waals surface area contributed by atoms with Gasteiger partial charge in [0.2, 0.25) is 10.0 Å². The summed E-state index contributed by atoms with van der Waals surface area (Å²) in [6.45, 7) is 6.12. The van der Waals surface area contributed by atoms with Crippen LogP contribution in [0.3, 0.4) is 0 Å². The molecule has 1 unspecified atom stereocenters. The van der Waals surface area contributed by atoms with E-state index in [1.807, 2.05) is 6.92 Å². The monoisotopic (exact) mass is 425 g/mol. The molecule has 1 amide bonds. The van der Waals surface area contributed by atoms with E-state index in [9.17, 15) is 22.0 Å². The molecule has 3 rings (SSSR count). The smallest absolute Gasteiger partial charge is 0.272 e. The normalized spacial score (nSPS) is 18.1. The zero-order chi connectivity index (χ0) is 21.5. The Morgan fingerprint density at radius 3 is 2.55 bits per heavy atom. The molecule has 0 aliphatic carbocycles. The molecule has 6 nitrogen and oxygen atoms in total. The molecule has 2 aromatic rings. The van der Waals surface area contributed by atoms with Gasteiger partial charge in [-0.2, -0.15) is 4.31 Å². The van der Waals surface area contributed by atoms with Gasteiger partial charge in [0.1, 0.15) is 22.2 Å². The first-order chi connectivity index (χ1) is 13.5. The fourth-order valence-corrected chi connectivity index (χ4v) is 5.99. The standard InChI is InChI=1S/C20H25F2N3O3S/c1-12-6-5-9-25(11-12)29(27,28)19-13(2)18(24(4)14(19)3)20(26)23-17-8-7-15(21)10-16(17)22/h7-8,10,12H,5-6,9,11H2,1-4H3,(H,23,26). The van der Waals surface area contributed by atoms with Crippen LogP contribution in [-0.4, -0.2) is 36.3 Å². The molecule has 9 heteroatoms. The maximum absolute atomic E-state index is 13.9. The summed E-state index contributed by atoms with van der Waals surface area (Å²) in [6, 6.07) is 2.84. The lowest BCUT2D eigenvalue weighted by Gasteiger charge is -2.30. The van der Waals surface area contributed by atoms with Gasteiger partial charge in [0.05, 0.1) is 5.69 Å². The van der Waals surface area contributed by atoms with Gasteiger partial charge >= 0.3 is 0 Å². The Hall–Kier alpha value is -2.26. The summed E-state index contributed by atoms with van der Waals surface area (Å²) in [4.78, 5) is 12.9. The van der Waals surface area contributed by atoms with Crippen LogP contribution in [0.4, 0.5) is 14.5 Å². The maximum Gasteiger partial charge on any atom is 0.272 e. The van der Waals surface area contributed by atoms with Crippen LogP contribution in [0, 0.1) is 31.4 Å². The van der Waals surface area contributed by atoms with Crippen LogP contribution < -0.4 is 5.32 Å². The number of hydrogen-bond donors (Lipinski definition) is 1. The van der Waals surface area contributed by atoms with Gasteiger partial charge in [-0.15, -0.1) is 0 Å². The van der Waals surface area contributed by atoms with Crippen molar-refractivity contribution in [1.29, 1.82) is 0 Å². The second kappa shape index (κ2) is 7.87. The van der Waals surface area contributed by atoms with E-state index in [2.05, 4.69) is 5.32 Å². The molecule has 1 atom stereocenters. The van der Waals surface area contributed by atoms with Crippen molar-refractivity contribution in [3.63, 3.8) is 0 Å². The van der Waals surface area contributed by atoms with Gasteiger partial charge in [0.15, 0.2) is 0 Å². The van der Waals surface area contributed by atoms with Gasteiger partial charge in [-0.05, 0) is 44.7 Å². The summed E-state index contributed by atoms with van der Waals surface area (Å²) >= 11 is 0. The highest BCUT2D eigenvalue weighted by atomic mass is 32.2. The van der Waals surface area contributed by atoms with Gasteiger partial charge in [-0.1, -0.05) is 6.92 Å². The van der Waals surface area contributed by atoms with Gasteiger partial charge in [0, 0.05) is 37.5 Å². The van der Waals surface area contributed by atoms with Crippen molar-refractivity contribution >= 4 is 21.6 Å². The van der Waals surface area contributed by atoms with Crippen molar-refractivity contribution in [2.75, 3.05) is 18.4 Å². The van der Waals surface area contributed by atoms with Crippen molar-refractivity contribution in [2.45, 2.75) is 38.5 Å². The molecule has 1 aromatic carbocycles. The molecular weight excluding hydrogens is 400 g/mol. The molecule has 158 valence electrons. The zero-order valence-corrected chi connectivity index (χ0v) is 17.7. The minimum Gasteiger partial charge on any atom is -0.342 e. The number of nitrogens with one attached hydrogen (secondary N) is 1. The number of aromatic nitrogens is 1. The molecule has 1 saturated heterocycles. The molecule has 0 saturated carbocycles. The molecule has 0 radical (unpaired) electrons. The van der Waals surface area contributed by atoms with E-state index >= 15 is 0 Å². The van der Waals surface area contributed by atoms with Crippen LogP contribution in [0.15, 0.2) is 23.1 Å². The van der Waals surface area contributed by atoms with Crippen LogP contribution in [0.5, 0.6) is 0 Å². The van der Waals surface area contributed by atoms with Crippen LogP contribution in [-0.2, 0) is 17.1 Å².